The van der Waals surface area contributed by atoms with Crippen molar-refractivity contribution in [2.75, 3.05) is 18.4 Å². The number of aromatic carboxylic acids is 1. The van der Waals surface area contributed by atoms with Gasteiger partial charge in [0.05, 0.1) is 11.3 Å². The summed E-state index contributed by atoms with van der Waals surface area (Å²) in [5, 5.41) is 13.4. The lowest BCUT2D eigenvalue weighted by atomic mass is 9.89. The first kappa shape index (κ1) is 20.0. The number of fused-ring (bicyclic) bond motifs is 2. The van der Waals surface area contributed by atoms with Crippen LogP contribution in [0.2, 0.25) is 0 Å². The van der Waals surface area contributed by atoms with Crippen LogP contribution >= 0.6 is 11.8 Å². The molecule has 5 rings (SSSR count). The topological polar surface area (TPSA) is 78.4 Å². The van der Waals surface area contributed by atoms with Gasteiger partial charge in [-0.25, -0.2) is 14.8 Å². The molecule has 0 spiro atoms. The van der Waals surface area contributed by atoms with Crippen molar-refractivity contribution in [3.8, 4) is 0 Å². The largest absolute Gasteiger partial charge is 0.478 e. The Labute approximate surface area is 185 Å². The van der Waals surface area contributed by atoms with Gasteiger partial charge in [0, 0.05) is 23.8 Å². The molecule has 7 heteroatoms. The molecule has 3 heterocycles. The Balaban J connectivity index is 1.16. The van der Waals surface area contributed by atoms with E-state index in [1.165, 1.54) is 28.9 Å². The second-order valence-corrected chi connectivity index (χ2v) is 9.22. The van der Waals surface area contributed by atoms with Crippen LogP contribution in [0.3, 0.4) is 0 Å². The molecule has 0 unspecified atom stereocenters. The third kappa shape index (κ3) is 4.57. The van der Waals surface area contributed by atoms with Crippen molar-refractivity contribution in [3.05, 3.63) is 71.5 Å². The molecule has 0 bridgehead atoms. The van der Waals surface area contributed by atoms with Gasteiger partial charge in [0.15, 0.2) is 5.82 Å². The lowest BCUT2D eigenvalue weighted by molar-refractivity contribution is 0.0697. The van der Waals surface area contributed by atoms with Gasteiger partial charge in [0.2, 0.25) is 0 Å². The van der Waals surface area contributed by atoms with E-state index in [2.05, 4.69) is 38.4 Å². The van der Waals surface area contributed by atoms with E-state index in [0.29, 0.717) is 11.5 Å². The number of hydrogen-bond donors (Lipinski definition) is 2. The summed E-state index contributed by atoms with van der Waals surface area (Å²) in [5.41, 5.74) is 3.99. The van der Waals surface area contributed by atoms with E-state index in [1.54, 1.807) is 36.3 Å². The number of nitrogens with one attached hydrogen (secondary N) is 1. The average molecular weight is 433 g/mol. The predicted molar refractivity (Wildman–Crippen MR) is 121 cm³/mol. The minimum absolute atomic E-state index is 0.354. The van der Waals surface area contributed by atoms with Crippen molar-refractivity contribution in [2.45, 2.75) is 35.7 Å². The maximum Gasteiger partial charge on any atom is 0.335 e. The van der Waals surface area contributed by atoms with Gasteiger partial charge >= 0.3 is 5.97 Å². The van der Waals surface area contributed by atoms with Crippen LogP contribution in [0.4, 0.5) is 11.5 Å². The number of carboxylic acid groups (broad SMARTS) is 1. The summed E-state index contributed by atoms with van der Waals surface area (Å²) in [6, 6.07) is 13.9. The number of piperidine rings is 1. The third-order valence-corrected chi connectivity index (χ3v) is 7.07. The van der Waals surface area contributed by atoms with Crippen LogP contribution in [-0.2, 0) is 13.0 Å². The molecule has 0 atom stereocenters. The van der Waals surface area contributed by atoms with E-state index in [1.807, 2.05) is 12.1 Å². The number of nitrogens with zero attached hydrogens (tertiary/aromatic N) is 3. The zero-order valence-corrected chi connectivity index (χ0v) is 17.9. The first-order valence-corrected chi connectivity index (χ1v) is 11.4. The molecular weight excluding hydrogens is 408 g/mol. The SMILES string of the molecule is O=C(O)c1ccc(CC2CCN(Cc3ccc4c(c3)Nc3nccnc3S4)CC2)cc1. The van der Waals surface area contributed by atoms with Gasteiger partial charge in [-0.05, 0) is 73.7 Å². The highest BCUT2D eigenvalue weighted by molar-refractivity contribution is 7.99. The number of benzene rings is 2. The van der Waals surface area contributed by atoms with Crippen LogP contribution < -0.4 is 5.32 Å². The smallest absolute Gasteiger partial charge is 0.335 e. The lowest BCUT2D eigenvalue weighted by Crippen LogP contribution is -2.33. The molecular formula is C24H24N4O2S. The Morgan fingerprint density at radius 3 is 2.58 bits per heavy atom. The summed E-state index contributed by atoms with van der Waals surface area (Å²) in [7, 11) is 0. The summed E-state index contributed by atoms with van der Waals surface area (Å²) >= 11 is 1.66. The van der Waals surface area contributed by atoms with E-state index in [-0.39, 0.29) is 0 Å². The standard InChI is InChI=1S/C24H24N4O2S/c29-24(30)19-4-1-16(2-5-19)13-17-7-11-28(12-8-17)15-18-3-6-21-20(14-18)27-22-23(31-21)26-10-9-25-22/h1-6,9-10,14,17H,7-8,11-13,15H2,(H,25,27)(H,29,30). The Kier molecular flexibility index (Phi) is 5.61. The minimum Gasteiger partial charge on any atom is -0.478 e. The highest BCUT2D eigenvalue weighted by atomic mass is 32.2. The molecule has 2 N–H and O–H groups in total. The molecule has 1 fully saturated rings. The number of aromatic nitrogens is 2. The van der Waals surface area contributed by atoms with Gasteiger partial charge in [-0.1, -0.05) is 30.0 Å². The van der Waals surface area contributed by atoms with E-state index in [0.717, 1.165) is 42.6 Å². The Morgan fingerprint density at radius 2 is 1.81 bits per heavy atom. The van der Waals surface area contributed by atoms with E-state index >= 15 is 0 Å². The van der Waals surface area contributed by atoms with Crippen LogP contribution in [-0.4, -0.2) is 39.0 Å². The Bertz CT molecular complexity index is 1090. The van der Waals surface area contributed by atoms with Gasteiger partial charge < -0.3 is 10.4 Å². The molecule has 158 valence electrons. The summed E-state index contributed by atoms with van der Waals surface area (Å²) in [6.07, 6.45) is 6.80. The minimum atomic E-state index is -0.868. The molecule has 3 aromatic rings. The molecule has 0 saturated carbocycles. The number of likely N-dealkylation sites (tertiary alicyclic amines) is 1. The predicted octanol–water partition coefficient (Wildman–Crippen LogP) is 4.84. The normalized spacial score (nSPS) is 16.3. The molecule has 6 nitrogen and oxygen atoms in total. The second-order valence-electron chi connectivity index (χ2n) is 8.19. The fraction of sp³-hybridized carbons (Fsp3) is 0.292. The first-order valence-electron chi connectivity index (χ1n) is 10.6. The van der Waals surface area contributed by atoms with Crippen molar-refractivity contribution in [1.29, 1.82) is 0 Å². The number of carbonyl (C=O) groups is 1. The maximum absolute atomic E-state index is 11.0. The van der Waals surface area contributed by atoms with Crippen molar-refractivity contribution >= 4 is 29.2 Å². The highest BCUT2D eigenvalue weighted by Crippen LogP contribution is 2.42. The van der Waals surface area contributed by atoms with Crippen molar-refractivity contribution in [3.63, 3.8) is 0 Å². The molecule has 31 heavy (non-hydrogen) atoms. The molecule has 2 aromatic carbocycles. The first-order chi connectivity index (χ1) is 15.1. The molecule has 2 aliphatic rings. The quantitative estimate of drug-likeness (QED) is 0.467. The van der Waals surface area contributed by atoms with Crippen LogP contribution in [0.5, 0.6) is 0 Å². The summed E-state index contributed by atoms with van der Waals surface area (Å²) in [6.45, 7) is 3.13. The van der Waals surface area contributed by atoms with Crippen LogP contribution in [0.1, 0.15) is 34.3 Å². The van der Waals surface area contributed by atoms with Crippen molar-refractivity contribution < 1.29 is 9.90 Å². The fourth-order valence-electron chi connectivity index (χ4n) is 4.30. The zero-order chi connectivity index (χ0) is 21.2. The van der Waals surface area contributed by atoms with Crippen molar-refractivity contribution in [2.24, 2.45) is 5.92 Å². The summed E-state index contributed by atoms with van der Waals surface area (Å²) in [4.78, 5) is 23.5. The number of anilines is 2. The van der Waals surface area contributed by atoms with Crippen LogP contribution in [0.25, 0.3) is 0 Å². The van der Waals surface area contributed by atoms with Gasteiger partial charge in [-0.3, -0.25) is 4.90 Å². The van der Waals surface area contributed by atoms with Gasteiger partial charge in [-0.2, -0.15) is 0 Å². The summed E-state index contributed by atoms with van der Waals surface area (Å²) in [5.74, 6) is 0.617. The average Bonchev–Trinajstić information content (AvgIpc) is 2.79. The number of rotatable bonds is 5. The molecule has 0 amide bonds. The fourth-order valence-corrected chi connectivity index (χ4v) is 5.18. The maximum atomic E-state index is 11.0. The zero-order valence-electron chi connectivity index (χ0n) is 17.1. The van der Waals surface area contributed by atoms with Gasteiger partial charge in [0.1, 0.15) is 5.03 Å². The Morgan fingerprint density at radius 1 is 1.06 bits per heavy atom. The van der Waals surface area contributed by atoms with Crippen LogP contribution in [0, 0.1) is 5.92 Å². The van der Waals surface area contributed by atoms with Gasteiger partial charge in [0.25, 0.3) is 0 Å². The summed E-state index contributed by atoms with van der Waals surface area (Å²) < 4.78 is 0. The highest BCUT2D eigenvalue weighted by Gasteiger charge is 2.21. The molecule has 0 aliphatic carbocycles. The Hall–Kier alpha value is -2.90. The molecule has 2 aliphatic heterocycles. The van der Waals surface area contributed by atoms with Gasteiger partial charge in [-0.15, -0.1) is 0 Å². The molecule has 1 aromatic heterocycles. The van der Waals surface area contributed by atoms with Crippen LogP contribution in [0.15, 0.2) is 64.8 Å². The second kappa shape index (κ2) is 8.69. The lowest BCUT2D eigenvalue weighted by Gasteiger charge is -2.32. The molecule has 1 saturated heterocycles. The number of carboxylic acids is 1. The van der Waals surface area contributed by atoms with E-state index < -0.39 is 5.97 Å². The number of hydrogen-bond acceptors (Lipinski definition) is 6. The van der Waals surface area contributed by atoms with E-state index in [4.69, 9.17) is 5.11 Å². The van der Waals surface area contributed by atoms with Crippen molar-refractivity contribution in [1.82, 2.24) is 14.9 Å². The molecule has 0 radical (unpaired) electrons. The monoisotopic (exact) mass is 432 g/mol. The third-order valence-electron chi connectivity index (χ3n) is 6.01. The van der Waals surface area contributed by atoms with E-state index in [9.17, 15) is 4.79 Å².